The molecule has 31 heavy (non-hydrogen) atoms. The van der Waals surface area contributed by atoms with Gasteiger partial charge in [0, 0.05) is 32.4 Å². The molecule has 1 aromatic heterocycles. The number of amides is 1. The summed E-state index contributed by atoms with van der Waals surface area (Å²) in [5.41, 5.74) is 2.55. The predicted octanol–water partition coefficient (Wildman–Crippen LogP) is 4.48. The first-order valence-electron chi connectivity index (χ1n) is 9.81. The monoisotopic (exact) mass is 468 g/mol. The van der Waals surface area contributed by atoms with Gasteiger partial charge in [-0.25, -0.2) is 0 Å². The van der Waals surface area contributed by atoms with Gasteiger partial charge in [0.25, 0.3) is 0 Å². The molecule has 164 valence electrons. The Bertz CT molecular complexity index is 1020. The third-order valence-corrected chi connectivity index (χ3v) is 6.33. The van der Waals surface area contributed by atoms with Gasteiger partial charge < -0.3 is 14.7 Å². The maximum atomic E-state index is 13.5. The normalized spacial score (nSPS) is 19.1. The number of carbonyl (C=O) groups is 1. The molecular formula is C21H20ClF3N4OS. The van der Waals surface area contributed by atoms with Crippen molar-refractivity contribution in [3.63, 3.8) is 0 Å². The summed E-state index contributed by atoms with van der Waals surface area (Å²) < 4.78 is 40.6. The number of benzene rings is 1. The van der Waals surface area contributed by atoms with Crippen molar-refractivity contribution < 1.29 is 18.0 Å². The van der Waals surface area contributed by atoms with Gasteiger partial charge >= 0.3 is 6.18 Å². The van der Waals surface area contributed by atoms with Gasteiger partial charge in [-0.15, -0.1) is 0 Å². The van der Waals surface area contributed by atoms with Crippen molar-refractivity contribution >= 4 is 46.6 Å². The maximum Gasteiger partial charge on any atom is 0.416 e. The van der Waals surface area contributed by atoms with Crippen LogP contribution in [0.5, 0.6) is 0 Å². The summed E-state index contributed by atoms with van der Waals surface area (Å²) in [6.45, 7) is 4.14. The standard InChI is InChI=1S/C21H20ClF3N4OS/c1-13-17-19(18(16(22)10-26-17)28-8-6-27(12-31)7-9-28)29(20(13)30)11-14-4-2-3-5-15(14)21(23,24)25/h2-5,10,12-13H,6-9,11H2,1H3. The first kappa shape index (κ1) is 21.8. The average Bonchev–Trinajstić information content (AvgIpc) is 2.98. The molecule has 2 aliphatic heterocycles. The highest BCUT2D eigenvalue weighted by atomic mass is 35.5. The van der Waals surface area contributed by atoms with Gasteiger partial charge in [-0.3, -0.25) is 9.78 Å². The van der Waals surface area contributed by atoms with Crippen LogP contribution in [-0.2, 0) is 17.5 Å². The lowest BCUT2D eigenvalue weighted by Crippen LogP contribution is -2.46. The second-order valence-corrected chi connectivity index (χ2v) is 8.24. The molecule has 0 aliphatic carbocycles. The molecular weight excluding hydrogens is 449 g/mol. The van der Waals surface area contributed by atoms with E-state index in [0.29, 0.717) is 48.3 Å². The lowest BCUT2D eigenvalue weighted by Gasteiger charge is -2.37. The summed E-state index contributed by atoms with van der Waals surface area (Å²) in [4.78, 5) is 22.9. The summed E-state index contributed by atoms with van der Waals surface area (Å²) in [5, 5.41) is 0.366. The predicted molar refractivity (Wildman–Crippen MR) is 118 cm³/mol. The van der Waals surface area contributed by atoms with Crippen LogP contribution in [0.3, 0.4) is 0 Å². The quantitative estimate of drug-likeness (QED) is 0.619. The highest BCUT2D eigenvalue weighted by Gasteiger charge is 2.41. The molecule has 1 atom stereocenters. The van der Waals surface area contributed by atoms with E-state index in [0.717, 1.165) is 6.07 Å². The van der Waals surface area contributed by atoms with Crippen LogP contribution in [0.4, 0.5) is 24.5 Å². The van der Waals surface area contributed by atoms with Gasteiger partial charge in [0.05, 0.1) is 45.6 Å². The van der Waals surface area contributed by atoms with Gasteiger partial charge in [-0.05, 0) is 18.6 Å². The zero-order valence-corrected chi connectivity index (χ0v) is 18.3. The Balaban J connectivity index is 1.77. The van der Waals surface area contributed by atoms with E-state index in [2.05, 4.69) is 4.98 Å². The Labute approximate surface area is 188 Å². The van der Waals surface area contributed by atoms with Crippen molar-refractivity contribution in [1.29, 1.82) is 0 Å². The molecule has 2 aromatic rings. The van der Waals surface area contributed by atoms with E-state index in [1.165, 1.54) is 29.3 Å². The lowest BCUT2D eigenvalue weighted by molar-refractivity contribution is -0.138. The molecule has 0 bridgehead atoms. The molecule has 5 nitrogen and oxygen atoms in total. The number of pyridine rings is 1. The molecule has 1 fully saturated rings. The van der Waals surface area contributed by atoms with Crippen molar-refractivity contribution in [3.8, 4) is 0 Å². The number of hydrogen-bond donors (Lipinski definition) is 0. The number of thiocarbonyl (C=S) groups is 1. The van der Waals surface area contributed by atoms with Crippen molar-refractivity contribution in [2.45, 2.75) is 25.6 Å². The number of hydrogen-bond acceptors (Lipinski definition) is 4. The van der Waals surface area contributed by atoms with Gasteiger partial charge in [0.2, 0.25) is 5.91 Å². The molecule has 3 heterocycles. The molecule has 0 N–H and O–H groups in total. The molecule has 0 spiro atoms. The molecule has 1 aromatic carbocycles. The Morgan fingerprint density at radius 1 is 1.19 bits per heavy atom. The van der Waals surface area contributed by atoms with Gasteiger partial charge in [0.15, 0.2) is 0 Å². The van der Waals surface area contributed by atoms with E-state index < -0.39 is 17.7 Å². The maximum absolute atomic E-state index is 13.5. The first-order chi connectivity index (χ1) is 14.7. The van der Waals surface area contributed by atoms with E-state index in [1.54, 1.807) is 12.4 Å². The number of fused-ring (bicyclic) bond motifs is 1. The van der Waals surface area contributed by atoms with Crippen LogP contribution in [0.25, 0.3) is 0 Å². The summed E-state index contributed by atoms with van der Waals surface area (Å²) in [7, 11) is 0. The topological polar surface area (TPSA) is 39.7 Å². The zero-order chi connectivity index (χ0) is 22.3. The molecule has 2 aliphatic rings. The van der Waals surface area contributed by atoms with Crippen LogP contribution in [0.2, 0.25) is 5.02 Å². The van der Waals surface area contributed by atoms with Crippen LogP contribution in [0.1, 0.15) is 29.7 Å². The fraction of sp³-hybridized carbons (Fsp3) is 0.381. The Hall–Kier alpha value is -2.39. The van der Waals surface area contributed by atoms with E-state index in [1.807, 2.05) is 9.80 Å². The van der Waals surface area contributed by atoms with E-state index >= 15 is 0 Å². The number of carbonyl (C=O) groups excluding carboxylic acids is 1. The first-order valence-corrected chi connectivity index (χ1v) is 10.7. The highest BCUT2D eigenvalue weighted by Crippen LogP contribution is 2.47. The third kappa shape index (κ3) is 3.96. The van der Waals surface area contributed by atoms with Crippen LogP contribution in [-0.4, -0.2) is 47.5 Å². The van der Waals surface area contributed by atoms with Crippen molar-refractivity contribution in [3.05, 3.63) is 52.3 Å². The minimum atomic E-state index is -4.51. The van der Waals surface area contributed by atoms with Crippen LogP contribution < -0.4 is 9.80 Å². The number of aromatic nitrogens is 1. The molecule has 1 saturated heterocycles. The molecule has 10 heteroatoms. The number of anilines is 2. The average molecular weight is 469 g/mol. The van der Waals surface area contributed by atoms with Gasteiger partial charge in [-0.1, -0.05) is 42.0 Å². The summed E-state index contributed by atoms with van der Waals surface area (Å²) in [5.74, 6) is -0.855. The van der Waals surface area contributed by atoms with E-state index in [-0.39, 0.29) is 18.0 Å². The van der Waals surface area contributed by atoms with E-state index in [4.69, 9.17) is 23.8 Å². The molecule has 4 rings (SSSR count). The third-order valence-electron chi connectivity index (χ3n) is 5.76. The minimum Gasteiger partial charge on any atom is -0.365 e. The molecule has 1 amide bonds. The highest BCUT2D eigenvalue weighted by molar-refractivity contribution is 7.78. The van der Waals surface area contributed by atoms with E-state index in [9.17, 15) is 18.0 Å². The second-order valence-electron chi connectivity index (χ2n) is 7.62. The summed E-state index contributed by atoms with van der Waals surface area (Å²) in [6, 6.07) is 5.31. The number of piperazine rings is 1. The smallest absolute Gasteiger partial charge is 0.365 e. The fourth-order valence-electron chi connectivity index (χ4n) is 4.14. The van der Waals surface area contributed by atoms with Gasteiger partial charge in [-0.2, -0.15) is 13.2 Å². The SMILES string of the molecule is CC1C(=O)N(Cc2ccccc2C(F)(F)F)c2c1ncc(Cl)c2N1CCN(C=S)CC1. The molecule has 1 unspecified atom stereocenters. The minimum absolute atomic E-state index is 0.0276. The second kappa shape index (κ2) is 8.27. The van der Waals surface area contributed by atoms with Crippen LogP contribution in [0, 0.1) is 0 Å². The largest absolute Gasteiger partial charge is 0.416 e. The molecule has 0 radical (unpaired) electrons. The van der Waals surface area contributed by atoms with Crippen molar-refractivity contribution in [1.82, 2.24) is 9.88 Å². The number of alkyl halides is 3. The number of nitrogens with zero attached hydrogens (tertiary/aromatic N) is 4. The van der Waals surface area contributed by atoms with Crippen molar-refractivity contribution in [2.24, 2.45) is 0 Å². The Kier molecular flexibility index (Phi) is 5.83. The summed E-state index contributed by atoms with van der Waals surface area (Å²) >= 11 is 11.5. The lowest BCUT2D eigenvalue weighted by atomic mass is 10.1. The van der Waals surface area contributed by atoms with Gasteiger partial charge in [0.1, 0.15) is 0 Å². The van der Waals surface area contributed by atoms with Crippen molar-refractivity contribution in [2.75, 3.05) is 36.0 Å². The molecule has 0 saturated carbocycles. The number of halogens is 4. The zero-order valence-electron chi connectivity index (χ0n) is 16.7. The number of rotatable bonds is 4. The summed E-state index contributed by atoms with van der Waals surface area (Å²) in [6.07, 6.45) is -3.00. The van der Waals surface area contributed by atoms with Crippen LogP contribution in [0.15, 0.2) is 30.5 Å². The Morgan fingerprint density at radius 3 is 2.52 bits per heavy atom. The van der Waals surface area contributed by atoms with Crippen LogP contribution >= 0.6 is 23.8 Å². The Morgan fingerprint density at radius 2 is 1.87 bits per heavy atom. The fourth-order valence-corrected chi connectivity index (χ4v) is 4.61.